The molecule has 1 N–H and O–H groups in total. The Morgan fingerprint density at radius 1 is 1.60 bits per heavy atom. The Balaban J connectivity index is 3.14. The van der Waals surface area contributed by atoms with Crippen LogP contribution in [0.15, 0.2) is 12.4 Å². The number of pyridine rings is 1. The van der Waals surface area contributed by atoms with Crippen molar-refractivity contribution in [3.8, 4) is 11.5 Å². The van der Waals surface area contributed by atoms with E-state index in [4.69, 9.17) is 21.4 Å². The second-order valence-corrected chi connectivity index (χ2v) is 2.05. The van der Waals surface area contributed by atoms with Crippen LogP contribution >= 0.6 is 11.6 Å². The zero-order valence-corrected chi connectivity index (χ0v) is 6.09. The summed E-state index contributed by atoms with van der Waals surface area (Å²) in [6.07, 6.45) is 2.69. The van der Waals surface area contributed by atoms with E-state index in [0.717, 1.165) is 0 Å². The average molecular weight is 160 g/mol. The Kier molecular flexibility index (Phi) is 1.97. The molecule has 0 aliphatic carbocycles. The van der Waals surface area contributed by atoms with Crippen molar-refractivity contribution in [3.63, 3.8) is 0 Å². The Morgan fingerprint density at radius 2 is 2.30 bits per heavy atom. The van der Waals surface area contributed by atoms with Crippen molar-refractivity contribution < 1.29 is 9.84 Å². The van der Waals surface area contributed by atoms with Gasteiger partial charge >= 0.3 is 0 Å². The van der Waals surface area contributed by atoms with Gasteiger partial charge in [-0.05, 0) is 0 Å². The fourth-order valence-corrected chi connectivity index (χ4v) is 0.732. The summed E-state index contributed by atoms with van der Waals surface area (Å²) >= 11 is 5.58. The maximum atomic E-state index is 8.96. The minimum Gasteiger partial charge on any atom is -0.505 e. The minimum absolute atomic E-state index is 0.0685. The van der Waals surface area contributed by atoms with Gasteiger partial charge in [0.25, 0.3) is 0 Å². The summed E-state index contributed by atoms with van der Waals surface area (Å²) in [6.45, 7) is 0. The fraction of sp³-hybridized carbons (Fsp3) is 0.167. The predicted octanol–water partition coefficient (Wildman–Crippen LogP) is 1.45. The molecule has 0 saturated carbocycles. The van der Waals surface area contributed by atoms with Gasteiger partial charge in [0.15, 0.2) is 11.5 Å². The fourth-order valence-electron chi connectivity index (χ4n) is 0.557. The molecule has 0 aliphatic heterocycles. The van der Waals surface area contributed by atoms with Gasteiger partial charge < -0.3 is 9.84 Å². The molecule has 1 aromatic rings. The Bertz CT molecular complexity index is 239. The number of ether oxygens (including phenoxy) is 1. The van der Waals surface area contributed by atoms with Crippen LogP contribution in [-0.4, -0.2) is 17.2 Å². The van der Waals surface area contributed by atoms with Crippen molar-refractivity contribution in [2.45, 2.75) is 0 Å². The molecule has 1 aromatic heterocycles. The van der Waals surface area contributed by atoms with E-state index in [2.05, 4.69) is 4.98 Å². The van der Waals surface area contributed by atoms with E-state index in [-0.39, 0.29) is 10.8 Å². The van der Waals surface area contributed by atoms with Crippen LogP contribution in [-0.2, 0) is 0 Å². The zero-order chi connectivity index (χ0) is 7.56. The molecule has 0 fully saturated rings. The molecule has 0 saturated heterocycles. The molecule has 0 spiro atoms. The molecule has 0 unspecified atom stereocenters. The number of methoxy groups -OCH3 is 1. The summed E-state index contributed by atoms with van der Waals surface area (Å²) in [5.74, 6) is 0.308. The molecule has 1 heterocycles. The third-order valence-corrected chi connectivity index (χ3v) is 1.43. The van der Waals surface area contributed by atoms with Crippen LogP contribution in [0.4, 0.5) is 0 Å². The number of aromatic hydroxyl groups is 1. The summed E-state index contributed by atoms with van der Waals surface area (Å²) < 4.78 is 4.77. The van der Waals surface area contributed by atoms with E-state index in [1.807, 2.05) is 0 Å². The van der Waals surface area contributed by atoms with Gasteiger partial charge in [0.1, 0.15) is 5.02 Å². The summed E-state index contributed by atoms with van der Waals surface area (Å²) in [5, 5.41) is 9.15. The van der Waals surface area contributed by atoms with Crippen molar-refractivity contribution in [3.05, 3.63) is 17.4 Å². The molecule has 0 amide bonds. The first-order valence-corrected chi connectivity index (χ1v) is 3.00. The molecule has 10 heavy (non-hydrogen) atoms. The van der Waals surface area contributed by atoms with Crippen molar-refractivity contribution in [2.75, 3.05) is 7.11 Å². The molecule has 1 rings (SSSR count). The van der Waals surface area contributed by atoms with Gasteiger partial charge in [-0.2, -0.15) is 0 Å². The van der Waals surface area contributed by atoms with E-state index in [1.54, 1.807) is 0 Å². The maximum Gasteiger partial charge on any atom is 0.159 e. The first kappa shape index (κ1) is 7.15. The normalized spacial score (nSPS) is 9.40. The molecular weight excluding hydrogens is 154 g/mol. The van der Waals surface area contributed by atoms with Crippen LogP contribution in [0.3, 0.4) is 0 Å². The summed E-state index contributed by atoms with van der Waals surface area (Å²) in [5.41, 5.74) is 0. The van der Waals surface area contributed by atoms with Crippen molar-refractivity contribution in [1.29, 1.82) is 0 Å². The number of aromatic nitrogens is 1. The van der Waals surface area contributed by atoms with E-state index < -0.39 is 0 Å². The van der Waals surface area contributed by atoms with Gasteiger partial charge in [-0.15, -0.1) is 0 Å². The summed E-state index contributed by atoms with van der Waals surface area (Å²) in [6, 6.07) is 0. The molecule has 3 nitrogen and oxygen atoms in total. The van der Waals surface area contributed by atoms with Crippen molar-refractivity contribution in [1.82, 2.24) is 4.98 Å². The lowest BCUT2D eigenvalue weighted by atomic mass is 10.4. The van der Waals surface area contributed by atoms with Crippen LogP contribution in [0, 0.1) is 0 Å². The van der Waals surface area contributed by atoms with Crippen molar-refractivity contribution in [2.24, 2.45) is 0 Å². The van der Waals surface area contributed by atoms with E-state index >= 15 is 0 Å². The highest BCUT2D eigenvalue weighted by Gasteiger charge is 2.03. The number of nitrogens with zero attached hydrogens (tertiary/aromatic N) is 1. The lowest BCUT2D eigenvalue weighted by molar-refractivity contribution is 0.405. The molecular formula is C6H6ClNO2. The minimum atomic E-state index is -0.0685. The third kappa shape index (κ3) is 1.14. The monoisotopic (exact) mass is 159 g/mol. The third-order valence-electron chi connectivity index (χ3n) is 1.05. The number of halogens is 1. The first-order valence-electron chi connectivity index (χ1n) is 2.62. The Hall–Kier alpha value is -0.960. The largest absolute Gasteiger partial charge is 0.505 e. The number of hydrogen-bond donors (Lipinski definition) is 1. The van der Waals surface area contributed by atoms with Gasteiger partial charge in [-0.25, -0.2) is 0 Å². The van der Waals surface area contributed by atoms with E-state index in [0.29, 0.717) is 5.75 Å². The van der Waals surface area contributed by atoms with E-state index in [9.17, 15) is 0 Å². The predicted molar refractivity (Wildman–Crippen MR) is 37.5 cm³/mol. The van der Waals surface area contributed by atoms with Gasteiger partial charge in [0, 0.05) is 0 Å². The highest BCUT2D eigenvalue weighted by Crippen LogP contribution is 2.30. The van der Waals surface area contributed by atoms with Gasteiger partial charge in [-0.3, -0.25) is 4.98 Å². The zero-order valence-electron chi connectivity index (χ0n) is 5.34. The lowest BCUT2D eigenvalue weighted by Gasteiger charge is -2.01. The molecule has 0 radical (unpaired) electrons. The molecule has 0 atom stereocenters. The van der Waals surface area contributed by atoms with Gasteiger partial charge in [0.2, 0.25) is 0 Å². The Morgan fingerprint density at radius 3 is 2.80 bits per heavy atom. The second-order valence-electron chi connectivity index (χ2n) is 1.67. The van der Waals surface area contributed by atoms with Crippen LogP contribution in [0.2, 0.25) is 5.02 Å². The SMILES string of the molecule is COc1cncc(O)c1Cl. The number of rotatable bonds is 1. The molecule has 54 valence electrons. The van der Waals surface area contributed by atoms with Gasteiger partial charge in [-0.1, -0.05) is 11.6 Å². The number of hydrogen-bond acceptors (Lipinski definition) is 3. The van der Waals surface area contributed by atoms with Gasteiger partial charge in [0.05, 0.1) is 19.5 Å². The topological polar surface area (TPSA) is 42.4 Å². The molecule has 0 aliphatic rings. The van der Waals surface area contributed by atoms with Crippen LogP contribution in [0.1, 0.15) is 0 Å². The lowest BCUT2D eigenvalue weighted by Crippen LogP contribution is -1.84. The smallest absolute Gasteiger partial charge is 0.159 e. The van der Waals surface area contributed by atoms with Crippen LogP contribution < -0.4 is 4.74 Å². The summed E-state index contributed by atoms with van der Waals surface area (Å²) in [4.78, 5) is 3.66. The second kappa shape index (κ2) is 2.75. The molecule has 0 bridgehead atoms. The average Bonchev–Trinajstić information content (AvgIpc) is 1.95. The first-order chi connectivity index (χ1) is 4.75. The van der Waals surface area contributed by atoms with Crippen LogP contribution in [0.25, 0.3) is 0 Å². The highest BCUT2D eigenvalue weighted by molar-refractivity contribution is 6.33. The van der Waals surface area contributed by atoms with Crippen LogP contribution in [0.5, 0.6) is 11.5 Å². The standard InChI is InChI=1S/C6H6ClNO2/c1-10-5-3-8-2-4(9)6(5)7/h2-3,9H,1H3. The molecule has 4 heteroatoms. The maximum absolute atomic E-state index is 8.96. The Labute approximate surface area is 63.2 Å². The molecule has 0 aromatic carbocycles. The highest BCUT2D eigenvalue weighted by atomic mass is 35.5. The van der Waals surface area contributed by atoms with Crippen molar-refractivity contribution >= 4 is 11.6 Å². The quantitative estimate of drug-likeness (QED) is 0.675. The summed E-state index contributed by atoms with van der Waals surface area (Å²) in [7, 11) is 1.46. The van der Waals surface area contributed by atoms with E-state index in [1.165, 1.54) is 19.5 Å².